The van der Waals surface area contributed by atoms with Crippen LogP contribution in [0.25, 0.3) is 0 Å². The predicted octanol–water partition coefficient (Wildman–Crippen LogP) is -1.05. The molecule has 0 atom stereocenters. The maximum atomic E-state index is 4.49. The van der Waals surface area contributed by atoms with Crippen molar-refractivity contribution in [2.24, 2.45) is 5.10 Å². The van der Waals surface area contributed by atoms with Crippen LogP contribution in [0.15, 0.2) is 40.9 Å². The normalized spacial score (nSPS) is 13.6. The van der Waals surface area contributed by atoms with Crippen molar-refractivity contribution >= 4 is 17.5 Å². The van der Waals surface area contributed by atoms with Gasteiger partial charge in [-0.05, 0) is 12.5 Å². The maximum absolute atomic E-state index is 4.49. The Kier molecular flexibility index (Phi) is 3.63. The molecule has 1 aliphatic heterocycles. The molecule has 0 saturated heterocycles. The summed E-state index contributed by atoms with van der Waals surface area (Å²) in [6.07, 6.45) is 1.63. The van der Waals surface area contributed by atoms with Gasteiger partial charge in [0.15, 0.2) is 0 Å². The van der Waals surface area contributed by atoms with Crippen LogP contribution in [0.5, 0.6) is 0 Å². The molecule has 1 aromatic heterocycles. The molecule has 0 radical (unpaired) electrons. The van der Waals surface area contributed by atoms with Gasteiger partial charge in [0, 0.05) is 5.75 Å². The van der Waals surface area contributed by atoms with E-state index in [1.54, 1.807) is 22.8 Å². The predicted molar refractivity (Wildman–Crippen MR) is 63.9 cm³/mol. The number of hydrogen-bond donors (Lipinski definition) is 0. The fourth-order valence-electron chi connectivity index (χ4n) is 1.56. The van der Waals surface area contributed by atoms with E-state index in [-0.39, 0.29) is 17.0 Å². The molecule has 1 aromatic carbocycles. The van der Waals surface area contributed by atoms with E-state index < -0.39 is 0 Å². The van der Waals surface area contributed by atoms with Gasteiger partial charge >= 0.3 is 0 Å². The first-order valence-corrected chi connectivity index (χ1v) is 5.99. The molecule has 0 amide bonds. The van der Waals surface area contributed by atoms with Crippen molar-refractivity contribution in [2.45, 2.75) is 12.1 Å². The van der Waals surface area contributed by atoms with E-state index in [4.69, 9.17) is 0 Å². The number of benzene rings is 1. The third-order valence-electron chi connectivity index (χ3n) is 2.45. The molecule has 6 heteroatoms. The zero-order valence-electron chi connectivity index (χ0n) is 9.17. The number of aromatic nitrogens is 3. The van der Waals surface area contributed by atoms with E-state index in [0.717, 1.165) is 22.2 Å². The summed E-state index contributed by atoms with van der Waals surface area (Å²) in [7, 11) is 0. The first-order valence-electron chi connectivity index (χ1n) is 5.00. The molecule has 0 N–H and O–H groups in total. The van der Waals surface area contributed by atoms with Crippen molar-refractivity contribution in [3.05, 3.63) is 41.7 Å². The molecule has 0 saturated carbocycles. The second-order valence-corrected chi connectivity index (χ2v) is 4.60. The lowest BCUT2D eigenvalue weighted by Crippen LogP contribution is -3.00. The van der Waals surface area contributed by atoms with Crippen molar-refractivity contribution in [3.63, 3.8) is 0 Å². The van der Waals surface area contributed by atoms with Crippen LogP contribution in [0.4, 0.5) is 0 Å². The summed E-state index contributed by atoms with van der Waals surface area (Å²) in [4.78, 5) is 0. The summed E-state index contributed by atoms with van der Waals surface area (Å²) < 4.78 is 1.73. The van der Waals surface area contributed by atoms with Gasteiger partial charge < -0.3 is 17.0 Å². The largest absolute Gasteiger partial charge is 1.00 e. The Balaban J connectivity index is 0.00000108. The molecule has 0 spiro atoms. The molecule has 0 aliphatic carbocycles. The topological polar surface area (TPSA) is 43.1 Å². The summed E-state index contributed by atoms with van der Waals surface area (Å²) in [6.45, 7) is 2.08. The highest BCUT2D eigenvalue weighted by molar-refractivity contribution is 7.99. The molecule has 2 heterocycles. The Morgan fingerprint density at radius 2 is 2.00 bits per heavy atom. The van der Waals surface area contributed by atoms with Crippen molar-refractivity contribution in [3.8, 4) is 0 Å². The Labute approximate surface area is 114 Å². The average molecular weight is 310 g/mol. The Hall–Kier alpha value is -1.14. The van der Waals surface area contributed by atoms with Gasteiger partial charge in [-0.1, -0.05) is 41.6 Å². The molecule has 0 bridgehead atoms. The molecule has 0 fully saturated rings. The van der Waals surface area contributed by atoms with Gasteiger partial charge in [0.1, 0.15) is 6.33 Å². The molecule has 0 unspecified atom stereocenters. The monoisotopic (exact) mass is 309 g/mol. The van der Waals surface area contributed by atoms with E-state index in [1.807, 2.05) is 0 Å². The minimum absolute atomic E-state index is 0. The van der Waals surface area contributed by atoms with E-state index in [9.17, 15) is 0 Å². The molecule has 2 aromatic rings. The van der Waals surface area contributed by atoms with E-state index in [2.05, 4.69) is 46.5 Å². The Morgan fingerprint density at radius 3 is 2.76 bits per heavy atom. The highest BCUT2D eigenvalue weighted by atomic mass is 79.9. The van der Waals surface area contributed by atoms with Gasteiger partial charge in [-0.2, -0.15) is 9.78 Å². The summed E-state index contributed by atoms with van der Waals surface area (Å²) in [5, 5.41) is 13.1. The molecule has 17 heavy (non-hydrogen) atoms. The number of fused-ring (bicyclic) bond motifs is 1. The lowest BCUT2D eigenvalue weighted by Gasteiger charge is -2.11. The highest BCUT2D eigenvalue weighted by Gasteiger charge is 2.14. The summed E-state index contributed by atoms with van der Waals surface area (Å²) in [5.74, 6) is 0.849. The average Bonchev–Trinajstić information content (AvgIpc) is 2.77. The van der Waals surface area contributed by atoms with Crippen molar-refractivity contribution < 1.29 is 17.0 Å². The fraction of sp³-hybridized carbons (Fsp3) is 0.182. The number of thioether (sulfide) groups is 1. The van der Waals surface area contributed by atoms with Crippen LogP contribution in [-0.4, -0.2) is 26.3 Å². The van der Waals surface area contributed by atoms with Gasteiger partial charge in [-0.15, -0.1) is 10.2 Å². The lowest BCUT2D eigenvalue weighted by atomic mass is 10.1. The zero-order valence-corrected chi connectivity index (χ0v) is 11.6. The van der Waals surface area contributed by atoms with Crippen LogP contribution in [0.3, 0.4) is 0 Å². The first-order chi connectivity index (χ1) is 7.83. The SMILES string of the molecule is Cc1ccc(C2=Nn3cnnc3SC2)cc1.[Br-]. The van der Waals surface area contributed by atoms with Gasteiger partial charge in [-0.3, -0.25) is 0 Å². The third kappa shape index (κ3) is 2.42. The highest BCUT2D eigenvalue weighted by Crippen LogP contribution is 2.21. The first kappa shape index (κ1) is 12.3. The number of rotatable bonds is 1. The van der Waals surface area contributed by atoms with Crippen molar-refractivity contribution in [2.75, 3.05) is 5.75 Å². The van der Waals surface area contributed by atoms with Crippen LogP contribution in [0.1, 0.15) is 11.1 Å². The summed E-state index contributed by atoms with van der Waals surface area (Å²) >= 11 is 1.66. The molecule has 1 aliphatic rings. The van der Waals surface area contributed by atoms with Crippen molar-refractivity contribution in [1.82, 2.24) is 14.9 Å². The van der Waals surface area contributed by atoms with Crippen LogP contribution in [-0.2, 0) is 0 Å². The summed E-state index contributed by atoms with van der Waals surface area (Å²) in [6, 6.07) is 8.41. The lowest BCUT2D eigenvalue weighted by molar-refractivity contribution is -0.00000336. The molecule has 88 valence electrons. The number of hydrogen-bond acceptors (Lipinski definition) is 4. The smallest absolute Gasteiger partial charge is 0.212 e. The number of aryl methyl sites for hydroxylation is 1. The second-order valence-electron chi connectivity index (χ2n) is 3.66. The molecular formula is C11H10BrN4S-. The fourth-order valence-corrected chi connectivity index (χ4v) is 2.38. The minimum atomic E-state index is 0. The number of nitrogens with zero attached hydrogens (tertiary/aromatic N) is 4. The Bertz CT molecular complexity index is 547. The van der Waals surface area contributed by atoms with Gasteiger partial charge in [-0.25, -0.2) is 0 Å². The zero-order chi connectivity index (χ0) is 11.0. The van der Waals surface area contributed by atoms with Crippen LogP contribution >= 0.6 is 11.8 Å². The number of halogens is 1. The second kappa shape index (κ2) is 5.01. The van der Waals surface area contributed by atoms with E-state index in [0.29, 0.717) is 0 Å². The van der Waals surface area contributed by atoms with Gasteiger partial charge in [0.2, 0.25) is 5.16 Å². The minimum Gasteiger partial charge on any atom is -1.00 e. The van der Waals surface area contributed by atoms with Crippen LogP contribution in [0, 0.1) is 6.92 Å². The molecular weight excluding hydrogens is 300 g/mol. The third-order valence-corrected chi connectivity index (χ3v) is 3.40. The maximum Gasteiger partial charge on any atom is 0.212 e. The quantitative estimate of drug-likeness (QED) is 0.675. The molecule has 4 nitrogen and oxygen atoms in total. The van der Waals surface area contributed by atoms with E-state index >= 15 is 0 Å². The standard InChI is InChI=1S/C11H10N4S.BrH/c1-8-2-4-9(5-3-8)10-6-16-11-13-12-7-15(11)14-10;/h2-5,7H,6H2,1H3;1H/p-1. The molecule has 3 rings (SSSR count). The van der Waals surface area contributed by atoms with Crippen LogP contribution < -0.4 is 17.0 Å². The van der Waals surface area contributed by atoms with Crippen LogP contribution in [0.2, 0.25) is 0 Å². The van der Waals surface area contributed by atoms with Crippen molar-refractivity contribution in [1.29, 1.82) is 0 Å². The van der Waals surface area contributed by atoms with Gasteiger partial charge in [0.05, 0.1) is 5.71 Å². The van der Waals surface area contributed by atoms with Gasteiger partial charge in [0.25, 0.3) is 0 Å². The Morgan fingerprint density at radius 1 is 1.24 bits per heavy atom. The summed E-state index contributed by atoms with van der Waals surface area (Å²) in [5.41, 5.74) is 3.49. The van der Waals surface area contributed by atoms with E-state index in [1.165, 1.54) is 5.56 Å².